The first-order chi connectivity index (χ1) is 6.40. The fourth-order valence-electron chi connectivity index (χ4n) is 1.01. The lowest BCUT2D eigenvalue weighted by atomic mass is 10.2. The maximum atomic E-state index is 5.05. The van der Waals surface area contributed by atoms with Crippen LogP contribution in [0.25, 0.3) is 11.5 Å². The number of halogens is 1. The van der Waals surface area contributed by atoms with Gasteiger partial charge in [0.1, 0.15) is 0 Å². The lowest BCUT2D eigenvalue weighted by Gasteiger charge is -1.89. The first-order valence-electron chi connectivity index (χ1n) is 3.84. The molecule has 0 spiro atoms. The van der Waals surface area contributed by atoms with Crippen LogP contribution in [0.1, 0.15) is 5.82 Å². The van der Waals surface area contributed by atoms with Gasteiger partial charge in [-0.3, -0.25) is 0 Å². The van der Waals surface area contributed by atoms with Gasteiger partial charge in [-0.15, -0.1) is 0 Å². The van der Waals surface area contributed by atoms with Gasteiger partial charge >= 0.3 is 0 Å². The number of aromatic nitrogens is 2. The molecular weight excluding hydrogens is 232 g/mol. The highest BCUT2D eigenvalue weighted by molar-refractivity contribution is 9.08. The van der Waals surface area contributed by atoms with Crippen LogP contribution in [0.4, 0.5) is 0 Å². The summed E-state index contributed by atoms with van der Waals surface area (Å²) in [5.74, 6) is 1.23. The van der Waals surface area contributed by atoms with Gasteiger partial charge in [0.25, 0.3) is 5.89 Å². The molecule has 2 rings (SSSR count). The van der Waals surface area contributed by atoms with Crippen molar-refractivity contribution in [3.8, 4) is 11.5 Å². The molecule has 0 saturated carbocycles. The van der Waals surface area contributed by atoms with Gasteiger partial charge in [0.05, 0.1) is 5.33 Å². The van der Waals surface area contributed by atoms with Crippen LogP contribution in [0, 0.1) is 0 Å². The lowest BCUT2D eigenvalue weighted by Crippen LogP contribution is -1.79. The largest absolute Gasteiger partial charge is 0.334 e. The zero-order valence-corrected chi connectivity index (χ0v) is 8.36. The van der Waals surface area contributed by atoms with Crippen molar-refractivity contribution in [1.82, 2.24) is 10.1 Å². The summed E-state index contributed by atoms with van der Waals surface area (Å²) in [4.78, 5) is 4.17. The minimum atomic E-state index is 0.565. The molecule has 13 heavy (non-hydrogen) atoms. The van der Waals surface area contributed by atoms with Crippen molar-refractivity contribution in [2.75, 3.05) is 0 Å². The molecule has 1 aromatic heterocycles. The van der Waals surface area contributed by atoms with Gasteiger partial charge < -0.3 is 4.52 Å². The molecule has 66 valence electrons. The molecule has 0 fully saturated rings. The Morgan fingerprint density at radius 1 is 1.23 bits per heavy atom. The number of hydrogen-bond acceptors (Lipinski definition) is 3. The fraction of sp³-hybridized carbons (Fsp3) is 0.111. The van der Waals surface area contributed by atoms with E-state index in [1.165, 1.54) is 0 Å². The third-order valence-electron chi connectivity index (χ3n) is 1.61. The van der Waals surface area contributed by atoms with Crippen molar-refractivity contribution in [2.24, 2.45) is 0 Å². The average Bonchev–Trinajstić information content (AvgIpc) is 2.67. The number of rotatable bonds is 2. The van der Waals surface area contributed by atoms with Crippen LogP contribution in [0.3, 0.4) is 0 Å². The highest BCUT2D eigenvalue weighted by Gasteiger charge is 2.05. The minimum Gasteiger partial charge on any atom is -0.334 e. The smallest absolute Gasteiger partial charge is 0.257 e. The third kappa shape index (κ3) is 1.78. The summed E-state index contributed by atoms with van der Waals surface area (Å²) in [7, 11) is 0. The molecule has 4 heteroatoms. The number of hydrogen-bond donors (Lipinski definition) is 0. The molecule has 0 unspecified atom stereocenters. The number of nitrogens with zero attached hydrogens (tertiary/aromatic N) is 2. The molecule has 0 radical (unpaired) electrons. The lowest BCUT2D eigenvalue weighted by molar-refractivity contribution is 0.425. The standard InChI is InChI=1S/C9H7BrN2O/c10-6-8-11-9(13-12-8)7-4-2-1-3-5-7/h1-5H,6H2. The molecular formula is C9H7BrN2O. The Labute approximate surface area is 83.9 Å². The van der Waals surface area contributed by atoms with Crippen molar-refractivity contribution >= 4 is 15.9 Å². The van der Waals surface area contributed by atoms with E-state index in [0.717, 1.165) is 5.56 Å². The second kappa shape index (κ2) is 3.70. The van der Waals surface area contributed by atoms with E-state index in [2.05, 4.69) is 26.1 Å². The molecule has 0 aliphatic carbocycles. The topological polar surface area (TPSA) is 38.9 Å². The van der Waals surface area contributed by atoms with Crippen molar-refractivity contribution in [2.45, 2.75) is 5.33 Å². The SMILES string of the molecule is BrCc1noc(-c2ccccc2)n1. The van der Waals surface area contributed by atoms with Crippen LogP contribution in [0.2, 0.25) is 0 Å². The predicted molar refractivity (Wildman–Crippen MR) is 52.4 cm³/mol. The van der Waals surface area contributed by atoms with Gasteiger partial charge in [-0.05, 0) is 12.1 Å². The first-order valence-corrected chi connectivity index (χ1v) is 4.96. The van der Waals surface area contributed by atoms with Crippen LogP contribution < -0.4 is 0 Å². The Balaban J connectivity index is 2.36. The second-order valence-electron chi connectivity index (χ2n) is 2.52. The Kier molecular flexibility index (Phi) is 2.40. The van der Waals surface area contributed by atoms with E-state index in [1.54, 1.807) is 0 Å². The molecule has 0 saturated heterocycles. The van der Waals surface area contributed by atoms with Gasteiger partial charge in [-0.25, -0.2) is 0 Å². The van der Waals surface area contributed by atoms with Gasteiger partial charge in [0.15, 0.2) is 5.82 Å². The summed E-state index contributed by atoms with van der Waals surface area (Å²) >= 11 is 3.26. The van der Waals surface area contributed by atoms with Crippen LogP contribution in [-0.2, 0) is 5.33 Å². The summed E-state index contributed by atoms with van der Waals surface area (Å²) in [6, 6.07) is 9.70. The quantitative estimate of drug-likeness (QED) is 0.756. The van der Waals surface area contributed by atoms with E-state index in [9.17, 15) is 0 Å². The Bertz CT molecular complexity index is 386. The predicted octanol–water partition coefficient (Wildman–Crippen LogP) is 2.63. The Hall–Kier alpha value is -1.16. The average molecular weight is 239 g/mol. The zero-order valence-electron chi connectivity index (χ0n) is 6.77. The van der Waals surface area contributed by atoms with E-state index >= 15 is 0 Å². The molecule has 0 aliphatic rings. The fourth-order valence-corrected chi connectivity index (χ4v) is 1.23. The molecule has 0 amide bonds. The monoisotopic (exact) mass is 238 g/mol. The highest BCUT2D eigenvalue weighted by Crippen LogP contribution is 2.16. The van der Waals surface area contributed by atoms with Crippen molar-refractivity contribution in [3.05, 3.63) is 36.2 Å². The second-order valence-corrected chi connectivity index (χ2v) is 3.08. The first kappa shape index (κ1) is 8.44. The van der Waals surface area contributed by atoms with E-state index in [-0.39, 0.29) is 0 Å². The molecule has 3 nitrogen and oxygen atoms in total. The molecule has 1 heterocycles. The maximum absolute atomic E-state index is 5.05. The van der Waals surface area contributed by atoms with Crippen LogP contribution in [0.5, 0.6) is 0 Å². The van der Waals surface area contributed by atoms with E-state index in [4.69, 9.17) is 4.52 Å². The maximum Gasteiger partial charge on any atom is 0.257 e. The molecule has 0 bridgehead atoms. The van der Waals surface area contributed by atoms with Crippen LogP contribution in [0.15, 0.2) is 34.9 Å². The van der Waals surface area contributed by atoms with Crippen molar-refractivity contribution in [3.63, 3.8) is 0 Å². The Morgan fingerprint density at radius 2 is 2.00 bits per heavy atom. The van der Waals surface area contributed by atoms with Crippen LogP contribution in [-0.4, -0.2) is 10.1 Å². The van der Waals surface area contributed by atoms with Crippen LogP contribution >= 0.6 is 15.9 Å². The van der Waals surface area contributed by atoms with E-state index in [1.807, 2.05) is 30.3 Å². The summed E-state index contributed by atoms with van der Waals surface area (Å²) in [6.45, 7) is 0. The minimum absolute atomic E-state index is 0.565. The summed E-state index contributed by atoms with van der Waals surface area (Å²) < 4.78 is 5.05. The molecule has 0 N–H and O–H groups in total. The molecule has 2 aromatic rings. The highest BCUT2D eigenvalue weighted by atomic mass is 79.9. The normalized spacial score (nSPS) is 10.2. The van der Waals surface area contributed by atoms with Gasteiger partial charge in [-0.2, -0.15) is 4.98 Å². The number of alkyl halides is 1. The third-order valence-corrected chi connectivity index (χ3v) is 2.11. The summed E-state index contributed by atoms with van der Waals surface area (Å²) in [6.07, 6.45) is 0. The molecule has 0 aliphatic heterocycles. The molecule has 0 atom stereocenters. The Morgan fingerprint density at radius 3 is 2.62 bits per heavy atom. The zero-order chi connectivity index (χ0) is 9.10. The van der Waals surface area contributed by atoms with Gasteiger partial charge in [0.2, 0.25) is 0 Å². The van der Waals surface area contributed by atoms with Gasteiger partial charge in [0, 0.05) is 5.56 Å². The summed E-state index contributed by atoms with van der Waals surface area (Å²) in [5, 5.41) is 4.39. The summed E-state index contributed by atoms with van der Waals surface area (Å²) in [5.41, 5.74) is 0.946. The van der Waals surface area contributed by atoms with Crippen molar-refractivity contribution in [1.29, 1.82) is 0 Å². The van der Waals surface area contributed by atoms with E-state index in [0.29, 0.717) is 17.0 Å². The number of benzene rings is 1. The van der Waals surface area contributed by atoms with E-state index < -0.39 is 0 Å². The van der Waals surface area contributed by atoms with Crippen molar-refractivity contribution < 1.29 is 4.52 Å². The molecule has 1 aromatic carbocycles. The van der Waals surface area contributed by atoms with Gasteiger partial charge in [-0.1, -0.05) is 39.3 Å².